The Morgan fingerprint density at radius 2 is 2.32 bits per heavy atom. The molecule has 1 saturated carbocycles. The first-order valence-electron chi connectivity index (χ1n) is 6.43. The molecule has 1 fully saturated rings. The zero-order valence-corrected chi connectivity index (χ0v) is 12.4. The number of hydrogen-bond acceptors (Lipinski definition) is 5. The number of fused-ring (bicyclic) bond motifs is 1. The number of hydrogen-bond donors (Lipinski definition) is 0. The van der Waals surface area contributed by atoms with E-state index in [0.717, 1.165) is 41.7 Å². The number of rotatable bonds is 6. The molecule has 2 heterocycles. The summed E-state index contributed by atoms with van der Waals surface area (Å²) >= 11 is 7.54. The Bertz CT molecular complexity index is 570. The summed E-state index contributed by atoms with van der Waals surface area (Å²) < 4.78 is 5.66. The topological polar surface area (TPSA) is 38.2 Å². The van der Waals surface area contributed by atoms with E-state index in [9.17, 15) is 0 Å². The van der Waals surface area contributed by atoms with Crippen molar-refractivity contribution in [2.45, 2.75) is 12.8 Å². The quantitative estimate of drug-likeness (QED) is 0.606. The van der Waals surface area contributed by atoms with Gasteiger partial charge in [-0.2, -0.15) is 4.98 Å². The van der Waals surface area contributed by atoms with Gasteiger partial charge in [0.1, 0.15) is 10.6 Å². The van der Waals surface area contributed by atoms with Crippen LogP contribution in [0, 0.1) is 5.92 Å². The molecule has 6 heteroatoms. The van der Waals surface area contributed by atoms with Crippen molar-refractivity contribution in [1.82, 2.24) is 9.97 Å². The lowest BCUT2D eigenvalue weighted by atomic mass is 10.3. The molecule has 1 aliphatic carbocycles. The molecule has 0 unspecified atom stereocenters. The minimum absolute atomic E-state index is 0.302. The summed E-state index contributed by atoms with van der Waals surface area (Å²) in [5, 5.41) is 3.37. The van der Waals surface area contributed by atoms with Crippen LogP contribution in [0.1, 0.15) is 12.8 Å². The van der Waals surface area contributed by atoms with Gasteiger partial charge in [-0.05, 0) is 41.8 Å². The molecule has 3 rings (SSSR count). The van der Waals surface area contributed by atoms with E-state index in [0.29, 0.717) is 5.28 Å². The lowest BCUT2D eigenvalue weighted by Gasteiger charge is -2.19. The Morgan fingerprint density at radius 3 is 3.11 bits per heavy atom. The van der Waals surface area contributed by atoms with Gasteiger partial charge in [0.25, 0.3) is 0 Å². The van der Waals surface area contributed by atoms with Gasteiger partial charge < -0.3 is 9.64 Å². The summed E-state index contributed by atoms with van der Waals surface area (Å²) in [5.74, 6) is 1.69. The first-order chi connectivity index (χ1) is 9.24. The van der Waals surface area contributed by atoms with Gasteiger partial charge in [0.15, 0.2) is 0 Å². The third kappa shape index (κ3) is 3.16. The lowest BCUT2D eigenvalue weighted by Crippen LogP contribution is -2.24. The van der Waals surface area contributed by atoms with Gasteiger partial charge in [-0.15, -0.1) is 11.3 Å². The molecule has 0 saturated heterocycles. The minimum Gasteiger partial charge on any atom is -0.379 e. The van der Waals surface area contributed by atoms with Gasteiger partial charge in [-0.25, -0.2) is 4.98 Å². The van der Waals surface area contributed by atoms with Crippen molar-refractivity contribution in [2.75, 3.05) is 31.7 Å². The SMILES string of the molecule is CN(CCOCC1CC1)c1nc(Cl)nc2sccc12. The van der Waals surface area contributed by atoms with E-state index in [4.69, 9.17) is 16.3 Å². The number of aromatic nitrogens is 2. The second-order valence-corrected chi connectivity index (χ2v) is 6.13. The largest absolute Gasteiger partial charge is 0.379 e. The monoisotopic (exact) mass is 297 g/mol. The van der Waals surface area contributed by atoms with Gasteiger partial charge in [-0.1, -0.05) is 0 Å². The third-order valence-corrected chi connectivity index (χ3v) is 4.24. The average molecular weight is 298 g/mol. The highest BCUT2D eigenvalue weighted by Crippen LogP contribution is 2.29. The van der Waals surface area contributed by atoms with Crippen molar-refractivity contribution in [2.24, 2.45) is 5.92 Å². The van der Waals surface area contributed by atoms with Crippen LogP contribution in [-0.4, -0.2) is 36.8 Å². The summed E-state index contributed by atoms with van der Waals surface area (Å²) in [4.78, 5) is 11.6. The van der Waals surface area contributed by atoms with Crippen molar-refractivity contribution < 1.29 is 4.74 Å². The Morgan fingerprint density at radius 1 is 1.47 bits per heavy atom. The highest BCUT2D eigenvalue weighted by molar-refractivity contribution is 7.16. The highest BCUT2D eigenvalue weighted by Gasteiger charge is 2.21. The van der Waals surface area contributed by atoms with E-state index in [1.54, 1.807) is 11.3 Å². The fourth-order valence-corrected chi connectivity index (χ4v) is 2.92. The molecule has 0 N–H and O–H groups in total. The molecule has 0 spiro atoms. The number of likely N-dealkylation sites (N-methyl/N-ethyl adjacent to an activating group) is 1. The van der Waals surface area contributed by atoms with Crippen LogP contribution < -0.4 is 4.90 Å². The Hall–Kier alpha value is -0.910. The molecule has 2 aromatic heterocycles. The molecular weight excluding hydrogens is 282 g/mol. The van der Waals surface area contributed by atoms with Crippen LogP contribution in [0.5, 0.6) is 0 Å². The van der Waals surface area contributed by atoms with Crippen molar-refractivity contribution in [3.63, 3.8) is 0 Å². The molecule has 0 radical (unpaired) electrons. The maximum atomic E-state index is 5.96. The molecule has 19 heavy (non-hydrogen) atoms. The summed E-state index contributed by atoms with van der Waals surface area (Å²) in [5.41, 5.74) is 0. The maximum absolute atomic E-state index is 5.96. The lowest BCUT2D eigenvalue weighted by molar-refractivity contribution is 0.131. The van der Waals surface area contributed by atoms with Gasteiger partial charge in [0.2, 0.25) is 5.28 Å². The molecular formula is C13H16ClN3OS. The summed E-state index contributed by atoms with van der Waals surface area (Å²) in [6.45, 7) is 2.43. The highest BCUT2D eigenvalue weighted by atomic mass is 35.5. The molecule has 0 bridgehead atoms. The molecule has 2 aromatic rings. The first-order valence-corrected chi connectivity index (χ1v) is 7.69. The van der Waals surface area contributed by atoms with E-state index in [1.807, 2.05) is 18.5 Å². The fourth-order valence-electron chi connectivity index (χ4n) is 1.95. The predicted molar refractivity (Wildman–Crippen MR) is 79.2 cm³/mol. The molecule has 1 aliphatic rings. The van der Waals surface area contributed by atoms with Crippen LogP contribution in [0.25, 0.3) is 10.2 Å². The number of thiophene rings is 1. The smallest absolute Gasteiger partial charge is 0.225 e. The summed E-state index contributed by atoms with van der Waals surface area (Å²) in [7, 11) is 2.01. The Labute approximate surface area is 121 Å². The van der Waals surface area contributed by atoms with Gasteiger partial charge in [0, 0.05) is 20.2 Å². The van der Waals surface area contributed by atoms with Crippen LogP contribution in [0.3, 0.4) is 0 Å². The number of nitrogens with zero attached hydrogens (tertiary/aromatic N) is 3. The van der Waals surface area contributed by atoms with Gasteiger partial charge in [-0.3, -0.25) is 0 Å². The minimum atomic E-state index is 0.302. The van der Waals surface area contributed by atoms with E-state index >= 15 is 0 Å². The maximum Gasteiger partial charge on any atom is 0.225 e. The third-order valence-electron chi connectivity index (χ3n) is 3.26. The number of ether oxygens (including phenoxy) is 1. The van der Waals surface area contributed by atoms with Crippen LogP contribution in [-0.2, 0) is 4.74 Å². The van der Waals surface area contributed by atoms with Crippen LogP contribution in [0.2, 0.25) is 5.28 Å². The predicted octanol–water partition coefficient (Wildman–Crippen LogP) is 3.21. The number of anilines is 1. The number of halogens is 1. The van der Waals surface area contributed by atoms with Gasteiger partial charge >= 0.3 is 0 Å². The fraction of sp³-hybridized carbons (Fsp3) is 0.538. The molecule has 4 nitrogen and oxygen atoms in total. The summed E-state index contributed by atoms with van der Waals surface area (Å²) in [6, 6.07) is 2.03. The summed E-state index contributed by atoms with van der Waals surface area (Å²) in [6.07, 6.45) is 2.65. The van der Waals surface area contributed by atoms with E-state index in [-0.39, 0.29) is 0 Å². The van der Waals surface area contributed by atoms with Crippen molar-refractivity contribution in [3.8, 4) is 0 Å². The Kier molecular flexibility index (Phi) is 3.86. The van der Waals surface area contributed by atoms with Crippen molar-refractivity contribution >= 4 is 39.0 Å². The second kappa shape index (κ2) is 5.61. The van der Waals surface area contributed by atoms with E-state index < -0.39 is 0 Å². The van der Waals surface area contributed by atoms with Crippen LogP contribution >= 0.6 is 22.9 Å². The first kappa shape index (κ1) is 13.1. The van der Waals surface area contributed by atoms with Crippen LogP contribution in [0.4, 0.5) is 5.82 Å². The Balaban J connectivity index is 1.65. The van der Waals surface area contributed by atoms with Crippen molar-refractivity contribution in [3.05, 3.63) is 16.7 Å². The van der Waals surface area contributed by atoms with E-state index in [2.05, 4.69) is 14.9 Å². The molecule has 102 valence electrons. The zero-order chi connectivity index (χ0) is 13.2. The average Bonchev–Trinajstić information content (AvgIpc) is 3.10. The standard InChI is InChI=1S/C13H16ClN3OS/c1-17(5-6-18-8-9-2-3-9)11-10-4-7-19-12(10)16-13(14)15-11/h4,7,9H,2-3,5-6,8H2,1H3. The van der Waals surface area contributed by atoms with Crippen LogP contribution in [0.15, 0.2) is 11.4 Å². The zero-order valence-electron chi connectivity index (χ0n) is 10.8. The van der Waals surface area contributed by atoms with Gasteiger partial charge in [0.05, 0.1) is 12.0 Å². The molecule has 0 atom stereocenters. The normalized spacial score (nSPS) is 15.1. The second-order valence-electron chi connectivity index (χ2n) is 4.90. The molecule has 0 aliphatic heterocycles. The van der Waals surface area contributed by atoms with Crippen molar-refractivity contribution in [1.29, 1.82) is 0 Å². The molecule has 0 amide bonds. The van der Waals surface area contributed by atoms with E-state index in [1.165, 1.54) is 12.8 Å². The molecule has 0 aromatic carbocycles.